The van der Waals surface area contributed by atoms with Gasteiger partial charge in [-0.2, -0.15) is 0 Å². The molecule has 70 valence electrons. The van der Waals surface area contributed by atoms with Gasteiger partial charge in [0.05, 0.1) is 0 Å². The SMILES string of the molecule is Cc1cc2nc3sc(C)cc3nc2s1. The van der Waals surface area contributed by atoms with Crippen molar-refractivity contribution in [1.82, 2.24) is 9.97 Å². The zero-order chi connectivity index (χ0) is 9.71. The Morgan fingerprint density at radius 1 is 0.857 bits per heavy atom. The van der Waals surface area contributed by atoms with Crippen molar-refractivity contribution in [3.05, 3.63) is 21.9 Å². The summed E-state index contributed by atoms with van der Waals surface area (Å²) >= 11 is 3.41. The largest absolute Gasteiger partial charge is 0.233 e. The third kappa shape index (κ3) is 1.14. The average molecular weight is 220 g/mol. The van der Waals surface area contributed by atoms with Crippen LogP contribution in [0, 0.1) is 13.8 Å². The van der Waals surface area contributed by atoms with Crippen molar-refractivity contribution in [2.24, 2.45) is 0 Å². The molecule has 0 aromatic carbocycles. The summed E-state index contributed by atoms with van der Waals surface area (Å²) in [7, 11) is 0. The van der Waals surface area contributed by atoms with Crippen molar-refractivity contribution in [3.8, 4) is 0 Å². The minimum Gasteiger partial charge on any atom is -0.233 e. The minimum atomic E-state index is 1.03. The van der Waals surface area contributed by atoms with E-state index in [1.807, 2.05) is 0 Å². The van der Waals surface area contributed by atoms with Gasteiger partial charge in [0, 0.05) is 9.75 Å². The lowest BCUT2D eigenvalue weighted by Gasteiger charge is -1.87. The highest BCUT2D eigenvalue weighted by Crippen LogP contribution is 2.28. The van der Waals surface area contributed by atoms with Crippen LogP contribution < -0.4 is 0 Å². The van der Waals surface area contributed by atoms with Gasteiger partial charge in [0.1, 0.15) is 20.7 Å². The molecule has 14 heavy (non-hydrogen) atoms. The Morgan fingerprint density at radius 2 is 1.29 bits per heavy atom. The molecule has 0 aliphatic rings. The average Bonchev–Trinajstić information content (AvgIpc) is 2.59. The van der Waals surface area contributed by atoms with Crippen LogP contribution in [0.5, 0.6) is 0 Å². The highest BCUT2D eigenvalue weighted by molar-refractivity contribution is 7.19. The molecule has 0 atom stereocenters. The highest BCUT2D eigenvalue weighted by atomic mass is 32.1. The zero-order valence-corrected chi connectivity index (χ0v) is 9.50. The van der Waals surface area contributed by atoms with Gasteiger partial charge < -0.3 is 0 Å². The summed E-state index contributed by atoms with van der Waals surface area (Å²) in [5.41, 5.74) is 2.06. The van der Waals surface area contributed by atoms with Crippen molar-refractivity contribution < 1.29 is 0 Å². The molecule has 0 radical (unpaired) electrons. The van der Waals surface area contributed by atoms with E-state index in [0.29, 0.717) is 0 Å². The normalized spacial score (nSPS) is 11.6. The smallest absolute Gasteiger partial charge is 0.142 e. The van der Waals surface area contributed by atoms with E-state index < -0.39 is 0 Å². The van der Waals surface area contributed by atoms with Gasteiger partial charge in [0.2, 0.25) is 0 Å². The van der Waals surface area contributed by atoms with E-state index in [0.717, 1.165) is 20.7 Å². The molecule has 0 saturated heterocycles. The van der Waals surface area contributed by atoms with Gasteiger partial charge in [-0.15, -0.1) is 22.7 Å². The third-order valence-corrected chi connectivity index (χ3v) is 3.94. The lowest BCUT2D eigenvalue weighted by Crippen LogP contribution is -1.76. The number of aromatic nitrogens is 2. The summed E-state index contributed by atoms with van der Waals surface area (Å²) in [5, 5.41) is 0. The van der Waals surface area contributed by atoms with Crippen LogP contribution in [0.25, 0.3) is 20.7 Å². The first-order chi connectivity index (χ1) is 6.72. The molecule has 4 heteroatoms. The molecule has 0 amide bonds. The van der Waals surface area contributed by atoms with Crippen LogP contribution in [0.3, 0.4) is 0 Å². The van der Waals surface area contributed by atoms with Gasteiger partial charge in [-0.3, -0.25) is 0 Å². The van der Waals surface area contributed by atoms with Crippen LogP contribution in [0.15, 0.2) is 12.1 Å². The third-order valence-electron chi connectivity index (χ3n) is 2.08. The van der Waals surface area contributed by atoms with Crippen LogP contribution >= 0.6 is 22.7 Å². The second-order valence-electron chi connectivity index (χ2n) is 3.32. The molecule has 0 fully saturated rings. The first kappa shape index (κ1) is 8.32. The van der Waals surface area contributed by atoms with E-state index in [9.17, 15) is 0 Å². The molecule has 0 aliphatic heterocycles. The fraction of sp³-hybridized carbons (Fsp3) is 0.200. The number of hydrogen-bond donors (Lipinski definition) is 0. The second-order valence-corrected chi connectivity index (χ2v) is 5.79. The number of hydrogen-bond acceptors (Lipinski definition) is 4. The molecule has 3 heterocycles. The van der Waals surface area contributed by atoms with Crippen molar-refractivity contribution in [3.63, 3.8) is 0 Å². The highest BCUT2D eigenvalue weighted by Gasteiger charge is 2.06. The fourth-order valence-electron chi connectivity index (χ4n) is 1.52. The predicted octanol–water partition coefficient (Wildman–Crippen LogP) is 3.52. The van der Waals surface area contributed by atoms with Gasteiger partial charge in [0.15, 0.2) is 0 Å². The number of fused-ring (bicyclic) bond motifs is 2. The van der Waals surface area contributed by atoms with Gasteiger partial charge in [-0.05, 0) is 26.0 Å². The molecule has 0 N–H and O–H groups in total. The van der Waals surface area contributed by atoms with Crippen molar-refractivity contribution >= 4 is 43.4 Å². The Labute approximate surface area is 89.2 Å². The zero-order valence-electron chi connectivity index (χ0n) is 7.87. The summed E-state index contributed by atoms with van der Waals surface area (Å²) in [6, 6.07) is 4.20. The monoisotopic (exact) mass is 220 g/mol. The predicted molar refractivity (Wildman–Crippen MR) is 62.3 cm³/mol. The van der Waals surface area contributed by atoms with E-state index in [-0.39, 0.29) is 0 Å². The maximum Gasteiger partial charge on any atom is 0.142 e. The molecule has 2 nitrogen and oxygen atoms in total. The Hall–Kier alpha value is -1.00. The van der Waals surface area contributed by atoms with Gasteiger partial charge in [-0.25, -0.2) is 9.97 Å². The van der Waals surface area contributed by atoms with Crippen LogP contribution in [-0.4, -0.2) is 9.97 Å². The summed E-state index contributed by atoms with van der Waals surface area (Å²) < 4.78 is 0. The molecular weight excluding hydrogens is 212 g/mol. The van der Waals surface area contributed by atoms with E-state index in [2.05, 4.69) is 35.9 Å². The van der Waals surface area contributed by atoms with Crippen LogP contribution in [0.1, 0.15) is 9.75 Å². The van der Waals surface area contributed by atoms with Crippen LogP contribution in [0.2, 0.25) is 0 Å². The Balaban J connectivity index is 2.49. The van der Waals surface area contributed by atoms with E-state index in [1.165, 1.54) is 9.75 Å². The number of rotatable bonds is 0. The Morgan fingerprint density at radius 3 is 1.71 bits per heavy atom. The Bertz CT molecular complexity index is 519. The summed E-state index contributed by atoms with van der Waals surface area (Å²) in [6.07, 6.45) is 0. The molecule has 0 aliphatic carbocycles. The molecule has 3 aromatic heterocycles. The molecule has 3 aromatic rings. The first-order valence-corrected chi connectivity index (χ1v) is 6.00. The molecule has 0 saturated carbocycles. The summed E-state index contributed by atoms with van der Waals surface area (Å²) in [4.78, 5) is 13.8. The molecule has 0 bridgehead atoms. The number of nitrogens with zero attached hydrogens (tertiary/aromatic N) is 2. The fourth-order valence-corrected chi connectivity index (χ4v) is 3.17. The van der Waals surface area contributed by atoms with E-state index >= 15 is 0 Å². The summed E-state index contributed by atoms with van der Waals surface area (Å²) in [6.45, 7) is 4.18. The van der Waals surface area contributed by atoms with Crippen molar-refractivity contribution in [1.29, 1.82) is 0 Å². The summed E-state index contributed by atoms with van der Waals surface area (Å²) in [5.74, 6) is 0. The van der Waals surface area contributed by atoms with Crippen molar-refractivity contribution in [2.75, 3.05) is 0 Å². The van der Waals surface area contributed by atoms with Gasteiger partial charge >= 0.3 is 0 Å². The second kappa shape index (κ2) is 2.74. The maximum atomic E-state index is 4.59. The molecule has 3 rings (SSSR count). The lowest BCUT2D eigenvalue weighted by atomic mass is 10.4. The van der Waals surface area contributed by atoms with Crippen molar-refractivity contribution in [2.45, 2.75) is 13.8 Å². The van der Waals surface area contributed by atoms with Gasteiger partial charge in [-0.1, -0.05) is 0 Å². The standard InChI is InChI=1S/C10H8N2S2/c1-5-3-7-9(13-5)12-8-4-6(2)14-10(8)11-7/h3-4H,1-2H3. The van der Waals surface area contributed by atoms with Crippen LogP contribution in [0.4, 0.5) is 0 Å². The molecule has 0 spiro atoms. The van der Waals surface area contributed by atoms with E-state index in [4.69, 9.17) is 0 Å². The number of thiophene rings is 2. The van der Waals surface area contributed by atoms with Crippen LogP contribution in [-0.2, 0) is 0 Å². The first-order valence-electron chi connectivity index (χ1n) is 4.37. The molecule has 0 unspecified atom stereocenters. The minimum absolute atomic E-state index is 1.03. The van der Waals surface area contributed by atoms with Gasteiger partial charge in [0.25, 0.3) is 0 Å². The topological polar surface area (TPSA) is 25.8 Å². The maximum absolute atomic E-state index is 4.59. The number of aryl methyl sites for hydroxylation is 2. The van der Waals surface area contributed by atoms with E-state index in [1.54, 1.807) is 22.7 Å². The Kier molecular flexibility index (Phi) is 1.63. The lowest BCUT2D eigenvalue weighted by molar-refractivity contribution is 1.45. The molecular formula is C10H8N2S2. The quantitative estimate of drug-likeness (QED) is 0.579.